The lowest BCUT2D eigenvalue weighted by atomic mass is 10.2. The predicted octanol–water partition coefficient (Wildman–Crippen LogP) is 1.35. The van der Waals surface area contributed by atoms with Crippen LogP contribution < -0.4 is 4.74 Å². The Morgan fingerprint density at radius 3 is 2.35 bits per heavy atom. The molecule has 20 heavy (non-hydrogen) atoms. The number of sulfone groups is 1. The SMILES string of the molecule is CCOC(CCOc1ccc(S(C)(=O)=O)cc1)C(=O)O. The molecule has 1 atom stereocenters. The quantitative estimate of drug-likeness (QED) is 0.779. The van der Waals surface area contributed by atoms with E-state index in [0.717, 1.165) is 6.26 Å². The Kier molecular flexibility index (Phi) is 5.97. The van der Waals surface area contributed by atoms with Gasteiger partial charge in [-0.3, -0.25) is 0 Å². The van der Waals surface area contributed by atoms with E-state index in [1.807, 2.05) is 0 Å². The lowest BCUT2D eigenvalue weighted by Gasteiger charge is -2.13. The van der Waals surface area contributed by atoms with Gasteiger partial charge in [0.25, 0.3) is 0 Å². The highest BCUT2D eigenvalue weighted by atomic mass is 32.2. The van der Waals surface area contributed by atoms with Crippen LogP contribution in [0.1, 0.15) is 13.3 Å². The molecule has 7 heteroatoms. The molecule has 0 aliphatic rings. The van der Waals surface area contributed by atoms with Gasteiger partial charge in [0.2, 0.25) is 0 Å². The van der Waals surface area contributed by atoms with Gasteiger partial charge in [0.15, 0.2) is 15.9 Å². The van der Waals surface area contributed by atoms with Crippen molar-refractivity contribution in [2.75, 3.05) is 19.5 Å². The van der Waals surface area contributed by atoms with Crippen molar-refractivity contribution in [3.8, 4) is 5.75 Å². The Morgan fingerprint density at radius 2 is 1.90 bits per heavy atom. The first-order chi connectivity index (χ1) is 9.34. The summed E-state index contributed by atoms with van der Waals surface area (Å²) in [4.78, 5) is 11.1. The molecule has 0 saturated heterocycles. The van der Waals surface area contributed by atoms with Crippen molar-refractivity contribution in [2.45, 2.75) is 24.3 Å². The van der Waals surface area contributed by atoms with E-state index >= 15 is 0 Å². The van der Waals surface area contributed by atoms with Gasteiger partial charge >= 0.3 is 5.97 Å². The minimum Gasteiger partial charge on any atom is -0.493 e. The Hall–Kier alpha value is -1.60. The van der Waals surface area contributed by atoms with E-state index < -0.39 is 21.9 Å². The van der Waals surface area contributed by atoms with Gasteiger partial charge in [-0.25, -0.2) is 13.2 Å². The average molecular weight is 302 g/mol. The summed E-state index contributed by atoms with van der Waals surface area (Å²) in [6, 6.07) is 5.96. The van der Waals surface area contributed by atoms with Crippen molar-refractivity contribution < 1.29 is 27.8 Å². The number of carboxylic acid groups (broad SMARTS) is 1. The highest BCUT2D eigenvalue weighted by Gasteiger charge is 2.17. The van der Waals surface area contributed by atoms with Gasteiger partial charge < -0.3 is 14.6 Å². The standard InChI is InChI=1S/C13H18O6S/c1-3-18-12(13(14)15)8-9-19-10-4-6-11(7-5-10)20(2,16)17/h4-7,12H,3,8-9H2,1-2H3,(H,14,15). The van der Waals surface area contributed by atoms with Gasteiger partial charge in [0, 0.05) is 19.3 Å². The molecular formula is C13H18O6S. The van der Waals surface area contributed by atoms with E-state index in [9.17, 15) is 13.2 Å². The fraction of sp³-hybridized carbons (Fsp3) is 0.462. The molecule has 0 spiro atoms. The van der Waals surface area contributed by atoms with Crippen LogP contribution >= 0.6 is 0 Å². The number of carboxylic acids is 1. The van der Waals surface area contributed by atoms with Gasteiger partial charge in [-0.2, -0.15) is 0 Å². The second kappa shape index (κ2) is 7.25. The maximum absolute atomic E-state index is 11.3. The van der Waals surface area contributed by atoms with Gasteiger partial charge in [-0.05, 0) is 31.2 Å². The Morgan fingerprint density at radius 1 is 1.30 bits per heavy atom. The number of aliphatic carboxylic acids is 1. The second-order valence-corrected chi connectivity index (χ2v) is 6.18. The fourth-order valence-electron chi connectivity index (χ4n) is 1.55. The van der Waals surface area contributed by atoms with E-state index in [1.54, 1.807) is 6.92 Å². The summed E-state index contributed by atoms with van der Waals surface area (Å²) >= 11 is 0. The monoisotopic (exact) mass is 302 g/mol. The third kappa shape index (κ3) is 5.18. The van der Waals surface area contributed by atoms with Crippen LogP contribution in [0.4, 0.5) is 0 Å². The number of rotatable bonds is 8. The molecule has 1 unspecified atom stereocenters. The zero-order valence-electron chi connectivity index (χ0n) is 11.4. The van der Waals surface area contributed by atoms with Gasteiger partial charge in [-0.15, -0.1) is 0 Å². The molecular weight excluding hydrogens is 284 g/mol. The second-order valence-electron chi connectivity index (χ2n) is 4.16. The van der Waals surface area contributed by atoms with Crippen LogP contribution in [0.5, 0.6) is 5.75 Å². The molecule has 0 heterocycles. The molecule has 0 aliphatic heterocycles. The lowest BCUT2D eigenvalue weighted by molar-refractivity contribution is -0.150. The summed E-state index contributed by atoms with van der Waals surface area (Å²) in [5, 5.41) is 8.88. The molecule has 6 nitrogen and oxygen atoms in total. The third-order valence-electron chi connectivity index (χ3n) is 2.54. The molecule has 1 rings (SSSR count). The van der Waals surface area contributed by atoms with Gasteiger partial charge in [-0.1, -0.05) is 0 Å². The number of benzene rings is 1. The molecule has 112 valence electrons. The van der Waals surface area contributed by atoms with Crippen molar-refractivity contribution in [1.29, 1.82) is 0 Å². The zero-order chi connectivity index (χ0) is 15.2. The van der Waals surface area contributed by atoms with Crippen LogP contribution in [-0.4, -0.2) is 45.1 Å². The molecule has 0 saturated carbocycles. The van der Waals surface area contributed by atoms with Crippen molar-refractivity contribution in [3.63, 3.8) is 0 Å². The van der Waals surface area contributed by atoms with Gasteiger partial charge in [0.05, 0.1) is 11.5 Å². The minimum atomic E-state index is -3.23. The third-order valence-corrected chi connectivity index (χ3v) is 3.67. The summed E-state index contributed by atoms with van der Waals surface area (Å²) < 4.78 is 33.0. The van der Waals surface area contributed by atoms with Crippen LogP contribution in [-0.2, 0) is 19.4 Å². The molecule has 0 radical (unpaired) electrons. The van der Waals surface area contributed by atoms with Crippen molar-refractivity contribution in [2.24, 2.45) is 0 Å². The lowest BCUT2D eigenvalue weighted by Crippen LogP contribution is -2.26. The van der Waals surface area contributed by atoms with Crippen LogP contribution in [0.15, 0.2) is 29.2 Å². The van der Waals surface area contributed by atoms with Crippen molar-refractivity contribution >= 4 is 15.8 Å². The Bertz CT molecular complexity index is 534. The largest absolute Gasteiger partial charge is 0.493 e. The summed E-state index contributed by atoms with van der Waals surface area (Å²) in [6.07, 6.45) is 0.453. The van der Waals surface area contributed by atoms with Gasteiger partial charge in [0.1, 0.15) is 5.75 Å². The van der Waals surface area contributed by atoms with Crippen molar-refractivity contribution in [3.05, 3.63) is 24.3 Å². The minimum absolute atomic E-state index is 0.176. The Labute approximate surface area is 118 Å². The Balaban J connectivity index is 2.52. The van der Waals surface area contributed by atoms with E-state index in [4.69, 9.17) is 14.6 Å². The van der Waals surface area contributed by atoms with E-state index in [2.05, 4.69) is 0 Å². The topological polar surface area (TPSA) is 89.9 Å². The first-order valence-electron chi connectivity index (χ1n) is 6.12. The molecule has 0 aromatic heterocycles. The number of carbonyl (C=O) groups is 1. The molecule has 0 amide bonds. The van der Waals surface area contributed by atoms with E-state index in [1.165, 1.54) is 24.3 Å². The molecule has 0 bridgehead atoms. The first-order valence-corrected chi connectivity index (χ1v) is 8.01. The number of ether oxygens (including phenoxy) is 2. The highest BCUT2D eigenvalue weighted by Crippen LogP contribution is 2.16. The summed E-state index contributed by atoms with van der Waals surface area (Å²) in [5.74, 6) is -0.541. The van der Waals surface area contributed by atoms with Crippen LogP contribution in [0.25, 0.3) is 0 Å². The van der Waals surface area contributed by atoms with Crippen LogP contribution in [0.2, 0.25) is 0 Å². The van der Waals surface area contributed by atoms with Crippen LogP contribution in [0.3, 0.4) is 0 Å². The summed E-state index contributed by atoms with van der Waals surface area (Å²) in [6.45, 7) is 2.22. The molecule has 1 N–H and O–H groups in total. The highest BCUT2D eigenvalue weighted by molar-refractivity contribution is 7.90. The van der Waals surface area contributed by atoms with Crippen molar-refractivity contribution in [1.82, 2.24) is 0 Å². The maximum Gasteiger partial charge on any atom is 0.332 e. The summed E-state index contributed by atoms with van der Waals surface area (Å²) in [7, 11) is -3.23. The molecule has 1 aromatic rings. The summed E-state index contributed by atoms with van der Waals surface area (Å²) in [5.41, 5.74) is 0. The van der Waals surface area contributed by atoms with E-state index in [-0.39, 0.29) is 17.9 Å². The predicted molar refractivity (Wildman–Crippen MR) is 72.7 cm³/mol. The molecule has 0 aliphatic carbocycles. The first kappa shape index (κ1) is 16.5. The van der Waals surface area contributed by atoms with E-state index in [0.29, 0.717) is 12.4 Å². The average Bonchev–Trinajstić information content (AvgIpc) is 2.37. The normalized spacial score (nSPS) is 12.9. The zero-order valence-corrected chi connectivity index (χ0v) is 12.2. The smallest absolute Gasteiger partial charge is 0.332 e. The fourth-order valence-corrected chi connectivity index (χ4v) is 2.18. The number of hydrogen-bond acceptors (Lipinski definition) is 5. The van der Waals surface area contributed by atoms with Crippen LogP contribution in [0, 0.1) is 0 Å². The maximum atomic E-state index is 11.3. The molecule has 1 aromatic carbocycles. The number of hydrogen-bond donors (Lipinski definition) is 1. The molecule has 0 fully saturated rings.